The van der Waals surface area contributed by atoms with Gasteiger partial charge in [0.2, 0.25) is 0 Å². The van der Waals surface area contributed by atoms with Crippen LogP contribution in [-0.2, 0) is 27.8 Å². The van der Waals surface area contributed by atoms with Crippen molar-refractivity contribution in [3.05, 3.63) is 124 Å². The highest BCUT2D eigenvalue weighted by atomic mass is 32.2. The maximum atomic E-state index is 14.8. The molecule has 2 bridgehead atoms. The number of hydrogen-bond donors (Lipinski definition) is 1. The van der Waals surface area contributed by atoms with Gasteiger partial charge in [-0.25, -0.2) is 0 Å². The van der Waals surface area contributed by atoms with Crippen LogP contribution in [0.15, 0.2) is 89.8 Å². The summed E-state index contributed by atoms with van der Waals surface area (Å²) in [5, 5.41) is 0. The second-order valence-electron chi connectivity index (χ2n) is 13.5. The number of para-hydroxylation sites is 1. The van der Waals surface area contributed by atoms with E-state index < -0.39 is 16.0 Å². The molecule has 2 unspecified atom stereocenters. The van der Waals surface area contributed by atoms with E-state index in [9.17, 15) is 17.8 Å². The van der Waals surface area contributed by atoms with Crippen LogP contribution in [0.5, 0.6) is 11.5 Å². The first-order valence-electron chi connectivity index (χ1n) is 17.6. The van der Waals surface area contributed by atoms with E-state index in [0.717, 1.165) is 48.1 Å². The van der Waals surface area contributed by atoms with E-state index in [-0.39, 0.29) is 28.6 Å². The summed E-state index contributed by atoms with van der Waals surface area (Å²) in [5.74, 6) is -0.214. The van der Waals surface area contributed by atoms with Crippen LogP contribution in [0.2, 0.25) is 0 Å². The standard InChI is InChI=1S/C41H44O6S/c1-2-3-4-5-6-15-26-46-34-23-14-13-22-33(34)39-37-29-18-9-11-20-31(29)38(32-21-12-10-19-30(32)37)40(39)41(42)47-35-24-25-36(48(43,44)45)28-17-8-7-16-27(28)35/h9-14,18-25,37-40H,2-8,15-17,26H2,1H3,(H,43,44,45). The van der Waals surface area contributed by atoms with Crippen LogP contribution in [0.1, 0.15) is 115 Å². The van der Waals surface area contributed by atoms with Crippen LogP contribution in [0, 0.1) is 5.92 Å². The molecule has 6 nitrogen and oxygen atoms in total. The van der Waals surface area contributed by atoms with E-state index in [0.29, 0.717) is 36.3 Å². The summed E-state index contributed by atoms with van der Waals surface area (Å²) in [6.45, 7) is 2.85. The van der Waals surface area contributed by atoms with Crippen molar-refractivity contribution in [1.29, 1.82) is 0 Å². The first kappa shape index (κ1) is 32.6. The Hall–Kier alpha value is -3.94. The molecule has 48 heavy (non-hydrogen) atoms. The lowest BCUT2D eigenvalue weighted by Gasteiger charge is -2.50. The highest BCUT2D eigenvalue weighted by molar-refractivity contribution is 7.85. The van der Waals surface area contributed by atoms with Gasteiger partial charge in [0.25, 0.3) is 10.1 Å². The molecular weight excluding hydrogens is 621 g/mol. The van der Waals surface area contributed by atoms with Gasteiger partial charge >= 0.3 is 5.97 Å². The summed E-state index contributed by atoms with van der Waals surface area (Å²) in [5.41, 5.74) is 7.02. The van der Waals surface area contributed by atoms with Crippen molar-refractivity contribution in [3.8, 4) is 11.5 Å². The summed E-state index contributed by atoms with van der Waals surface area (Å²) in [4.78, 5) is 14.7. The second-order valence-corrected chi connectivity index (χ2v) is 14.9. The van der Waals surface area contributed by atoms with E-state index >= 15 is 0 Å². The minimum Gasteiger partial charge on any atom is -0.493 e. The normalized spacial score (nSPS) is 20.8. The highest BCUT2D eigenvalue weighted by Crippen LogP contribution is 2.62. The molecule has 0 aromatic heterocycles. The Labute approximate surface area is 284 Å². The van der Waals surface area contributed by atoms with Gasteiger partial charge in [0.1, 0.15) is 11.5 Å². The number of hydrogen-bond acceptors (Lipinski definition) is 5. The number of ether oxygens (including phenoxy) is 2. The van der Waals surface area contributed by atoms with Gasteiger partial charge < -0.3 is 9.47 Å². The first-order valence-corrected chi connectivity index (χ1v) is 19.1. The third kappa shape index (κ3) is 6.07. The minimum atomic E-state index is -4.40. The largest absolute Gasteiger partial charge is 0.493 e. The van der Waals surface area contributed by atoms with Crippen molar-refractivity contribution >= 4 is 16.1 Å². The van der Waals surface area contributed by atoms with Gasteiger partial charge in [-0.2, -0.15) is 8.42 Å². The molecule has 7 heteroatoms. The average molecular weight is 665 g/mol. The van der Waals surface area contributed by atoms with Gasteiger partial charge in [0, 0.05) is 17.8 Å². The summed E-state index contributed by atoms with van der Waals surface area (Å²) < 4.78 is 47.3. The monoisotopic (exact) mass is 664 g/mol. The maximum Gasteiger partial charge on any atom is 0.315 e. The van der Waals surface area contributed by atoms with Gasteiger partial charge in [-0.3, -0.25) is 9.35 Å². The molecule has 0 radical (unpaired) electrons. The highest BCUT2D eigenvalue weighted by Gasteiger charge is 2.54. The molecule has 0 fully saturated rings. The number of carbonyl (C=O) groups is 1. The molecule has 4 aromatic rings. The van der Waals surface area contributed by atoms with E-state index in [4.69, 9.17) is 9.47 Å². The Morgan fingerprint density at radius 2 is 1.25 bits per heavy atom. The Kier molecular flexibility index (Phi) is 9.43. The zero-order valence-electron chi connectivity index (χ0n) is 27.6. The fourth-order valence-corrected chi connectivity index (χ4v) is 9.38. The van der Waals surface area contributed by atoms with Crippen LogP contribution in [0.3, 0.4) is 0 Å². The zero-order valence-corrected chi connectivity index (χ0v) is 28.4. The Bertz CT molecular complexity index is 1870. The van der Waals surface area contributed by atoms with Crippen LogP contribution in [-0.4, -0.2) is 25.5 Å². The third-order valence-electron chi connectivity index (χ3n) is 10.7. The van der Waals surface area contributed by atoms with Crippen molar-refractivity contribution in [1.82, 2.24) is 0 Å². The predicted molar refractivity (Wildman–Crippen MR) is 187 cm³/mol. The van der Waals surface area contributed by atoms with Crippen molar-refractivity contribution in [2.75, 3.05) is 6.61 Å². The third-order valence-corrected chi connectivity index (χ3v) is 11.6. The predicted octanol–water partition coefficient (Wildman–Crippen LogP) is 9.15. The molecule has 4 aliphatic carbocycles. The van der Waals surface area contributed by atoms with Crippen molar-refractivity contribution in [3.63, 3.8) is 0 Å². The molecule has 0 spiro atoms. The summed E-state index contributed by atoms with van der Waals surface area (Å²) in [6, 6.07) is 28.0. The first-order chi connectivity index (χ1) is 23.4. The molecule has 8 rings (SSSR count). The van der Waals surface area contributed by atoms with Gasteiger partial charge in [-0.15, -0.1) is 0 Å². The summed E-state index contributed by atoms with van der Waals surface area (Å²) in [7, 11) is -4.40. The van der Waals surface area contributed by atoms with Crippen LogP contribution in [0.25, 0.3) is 0 Å². The molecule has 0 saturated carbocycles. The van der Waals surface area contributed by atoms with Crippen molar-refractivity contribution < 1.29 is 27.2 Å². The van der Waals surface area contributed by atoms with Gasteiger partial charge in [0.15, 0.2) is 0 Å². The van der Waals surface area contributed by atoms with Crippen molar-refractivity contribution in [2.24, 2.45) is 5.92 Å². The molecule has 250 valence electrons. The average Bonchev–Trinajstić information content (AvgIpc) is 3.10. The molecule has 2 atom stereocenters. The molecule has 0 amide bonds. The van der Waals surface area contributed by atoms with Crippen LogP contribution >= 0.6 is 0 Å². The Balaban J connectivity index is 1.29. The van der Waals surface area contributed by atoms with Crippen LogP contribution < -0.4 is 9.47 Å². The maximum absolute atomic E-state index is 14.8. The van der Waals surface area contributed by atoms with Crippen LogP contribution in [0.4, 0.5) is 0 Å². The van der Waals surface area contributed by atoms with Gasteiger partial charge in [-0.1, -0.05) is 106 Å². The summed E-state index contributed by atoms with van der Waals surface area (Å²) in [6.07, 6.45) is 9.83. The fourth-order valence-electron chi connectivity index (χ4n) is 8.60. The SMILES string of the molecule is CCCCCCCCOc1ccccc1C1C2c3ccccc3C(c3ccccc32)C1C(=O)Oc1ccc(S(=O)(=O)O)c2c1CCCC2. The molecule has 4 aromatic carbocycles. The zero-order chi connectivity index (χ0) is 33.3. The topological polar surface area (TPSA) is 89.9 Å². The lowest BCUT2D eigenvalue weighted by atomic mass is 9.52. The fraction of sp³-hybridized carbons (Fsp3) is 0.390. The number of esters is 1. The number of rotatable bonds is 12. The molecule has 4 aliphatic rings. The lowest BCUT2D eigenvalue weighted by molar-refractivity contribution is -0.141. The van der Waals surface area contributed by atoms with Crippen molar-refractivity contribution in [2.45, 2.75) is 93.8 Å². The van der Waals surface area contributed by atoms with E-state index in [1.54, 1.807) is 6.07 Å². The molecule has 0 heterocycles. The molecule has 1 N–H and O–H groups in total. The smallest absolute Gasteiger partial charge is 0.315 e. The quantitative estimate of drug-likeness (QED) is 0.0703. The lowest BCUT2D eigenvalue weighted by Crippen LogP contribution is -2.44. The molecular formula is C41H44O6S. The van der Waals surface area contributed by atoms with E-state index in [1.165, 1.54) is 42.9 Å². The number of unbranched alkanes of at least 4 members (excludes halogenated alkanes) is 5. The molecule has 0 saturated heterocycles. The Morgan fingerprint density at radius 3 is 1.90 bits per heavy atom. The van der Waals surface area contributed by atoms with E-state index in [2.05, 4.69) is 49.4 Å². The minimum absolute atomic E-state index is 0.0745. The Morgan fingerprint density at radius 1 is 0.688 bits per heavy atom. The number of carbonyl (C=O) groups excluding carboxylic acids is 1. The second kappa shape index (κ2) is 13.9. The van der Waals surface area contributed by atoms with E-state index in [1.807, 2.05) is 30.3 Å². The van der Waals surface area contributed by atoms with Gasteiger partial charge in [0.05, 0.1) is 17.4 Å². The molecule has 0 aliphatic heterocycles. The van der Waals surface area contributed by atoms with Gasteiger partial charge in [-0.05, 0) is 89.2 Å². The number of benzene rings is 4. The number of fused-ring (bicyclic) bond motifs is 2. The summed E-state index contributed by atoms with van der Waals surface area (Å²) >= 11 is 0.